The van der Waals surface area contributed by atoms with Crippen LogP contribution in [0.15, 0.2) is 6.07 Å². The average molecular weight is 309 g/mol. The number of anilines is 1. The minimum Gasteiger partial charge on any atom is -0.479 e. The molecule has 6 nitrogen and oxygen atoms in total. The fourth-order valence-electron chi connectivity index (χ4n) is 1.60. The lowest BCUT2D eigenvalue weighted by Gasteiger charge is -2.25. The number of carbonyl (C=O) groups is 1. The fourth-order valence-corrected chi connectivity index (χ4v) is 1.60. The van der Waals surface area contributed by atoms with Crippen LogP contribution in [0.2, 0.25) is 0 Å². The van der Waals surface area contributed by atoms with Gasteiger partial charge < -0.3 is 15.5 Å². The Morgan fingerprint density at radius 3 is 2.05 bits per heavy atom. The van der Waals surface area contributed by atoms with Gasteiger partial charge in [-0.15, -0.1) is 0 Å². The Labute approximate surface area is 132 Å². The molecule has 1 unspecified atom stereocenters. The van der Waals surface area contributed by atoms with Gasteiger partial charge in [0.1, 0.15) is 11.6 Å². The highest BCUT2D eigenvalue weighted by atomic mass is 16.4. The van der Waals surface area contributed by atoms with Crippen molar-refractivity contribution in [3.63, 3.8) is 0 Å². The summed E-state index contributed by atoms with van der Waals surface area (Å²) in [6.45, 7) is 13.3. The van der Waals surface area contributed by atoms with Crippen LogP contribution in [0.25, 0.3) is 0 Å². The predicted molar refractivity (Wildman–Crippen MR) is 86.2 cm³/mol. The molecule has 0 saturated carbocycles. The van der Waals surface area contributed by atoms with Gasteiger partial charge in [-0.3, -0.25) is 0 Å². The maximum atomic E-state index is 11.0. The van der Waals surface area contributed by atoms with E-state index in [2.05, 4.69) is 36.1 Å². The van der Waals surface area contributed by atoms with Crippen LogP contribution in [0.4, 0.5) is 5.82 Å². The van der Waals surface area contributed by atoms with E-state index < -0.39 is 11.6 Å². The normalized spacial score (nSPS) is 15.3. The van der Waals surface area contributed by atoms with Crippen LogP contribution in [0.3, 0.4) is 0 Å². The van der Waals surface area contributed by atoms with Crippen molar-refractivity contribution in [2.45, 2.75) is 64.9 Å². The standard InChI is InChI=1S/C16H27N3O3/c1-14(2,3)10-8-11(17-9-16(7,22)13(20)21)19-12(18-10)15(4,5)6/h8,22H,9H2,1-7H3,(H,20,21)(H,17,18,19). The molecule has 0 aromatic carbocycles. The van der Waals surface area contributed by atoms with Crippen molar-refractivity contribution < 1.29 is 15.0 Å². The van der Waals surface area contributed by atoms with Crippen LogP contribution in [0.5, 0.6) is 0 Å². The second-order valence-electron chi connectivity index (χ2n) is 7.89. The molecule has 0 bridgehead atoms. The highest BCUT2D eigenvalue weighted by Gasteiger charge is 2.30. The van der Waals surface area contributed by atoms with Crippen LogP contribution in [0, 0.1) is 0 Å². The Balaban J connectivity index is 3.17. The second-order valence-corrected chi connectivity index (χ2v) is 7.89. The van der Waals surface area contributed by atoms with Gasteiger partial charge >= 0.3 is 5.97 Å². The molecule has 1 aromatic rings. The number of carboxylic acid groups (broad SMARTS) is 1. The zero-order valence-electron chi connectivity index (χ0n) is 14.5. The van der Waals surface area contributed by atoms with E-state index in [0.717, 1.165) is 5.69 Å². The molecule has 1 aromatic heterocycles. The van der Waals surface area contributed by atoms with Crippen molar-refractivity contribution in [1.82, 2.24) is 9.97 Å². The summed E-state index contributed by atoms with van der Waals surface area (Å²) in [5, 5.41) is 21.7. The van der Waals surface area contributed by atoms with Gasteiger partial charge in [0, 0.05) is 16.9 Å². The molecule has 0 aliphatic rings. The average Bonchev–Trinajstić information content (AvgIpc) is 2.34. The van der Waals surface area contributed by atoms with Gasteiger partial charge in [0.25, 0.3) is 0 Å². The van der Waals surface area contributed by atoms with E-state index in [4.69, 9.17) is 5.11 Å². The third-order valence-electron chi connectivity index (χ3n) is 3.24. The highest BCUT2D eigenvalue weighted by molar-refractivity contribution is 5.77. The first kappa shape index (κ1) is 18.4. The summed E-state index contributed by atoms with van der Waals surface area (Å²) < 4.78 is 0. The number of carboxylic acids is 1. The van der Waals surface area contributed by atoms with Gasteiger partial charge in [-0.25, -0.2) is 14.8 Å². The van der Waals surface area contributed by atoms with Crippen LogP contribution < -0.4 is 5.32 Å². The Bertz CT molecular complexity index is 522. The molecule has 0 radical (unpaired) electrons. The lowest BCUT2D eigenvalue weighted by molar-refractivity contribution is -0.155. The summed E-state index contributed by atoms with van der Waals surface area (Å²) in [6, 6.07) is 1.80. The van der Waals surface area contributed by atoms with E-state index in [1.165, 1.54) is 6.92 Å². The topological polar surface area (TPSA) is 95.3 Å². The quantitative estimate of drug-likeness (QED) is 0.790. The lowest BCUT2D eigenvalue weighted by atomic mass is 9.90. The molecule has 0 amide bonds. The molecule has 6 heteroatoms. The van der Waals surface area contributed by atoms with Gasteiger partial charge in [0.2, 0.25) is 0 Å². The molecule has 124 valence electrons. The summed E-state index contributed by atoms with van der Waals surface area (Å²) in [5.74, 6) is -0.0788. The van der Waals surface area contributed by atoms with Crippen molar-refractivity contribution >= 4 is 11.8 Å². The number of rotatable bonds is 4. The first-order valence-corrected chi connectivity index (χ1v) is 7.33. The smallest absolute Gasteiger partial charge is 0.337 e. The number of aromatic nitrogens is 2. The molecule has 0 aliphatic carbocycles. The molecule has 1 heterocycles. The van der Waals surface area contributed by atoms with E-state index in [9.17, 15) is 9.90 Å². The molecular formula is C16H27N3O3. The largest absolute Gasteiger partial charge is 0.479 e. The molecular weight excluding hydrogens is 282 g/mol. The summed E-state index contributed by atoms with van der Waals surface area (Å²) in [7, 11) is 0. The maximum absolute atomic E-state index is 11.0. The molecule has 1 rings (SSSR count). The summed E-state index contributed by atoms with van der Waals surface area (Å²) >= 11 is 0. The monoisotopic (exact) mass is 309 g/mol. The molecule has 22 heavy (non-hydrogen) atoms. The number of nitrogens with zero attached hydrogens (tertiary/aromatic N) is 2. The van der Waals surface area contributed by atoms with E-state index in [-0.39, 0.29) is 17.4 Å². The van der Waals surface area contributed by atoms with Crippen molar-refractivity contribution in [1.29, 1.82) is 0 Å². The van der Waals surface area contributed by atoms with Gasteiger partial charge in [-0.05, 0) is 6.92 Å². The van der Waals surface area contributed by atoms with Crippen LogP contribution in [0.1, 0.15) is 60.0 Å². The summed E-state index contributed by atoms with van der Waals surface area (Å²) in [6.07, 6.45) is 0. The number of hydrogen-bond acceptors (Lipinski definition) is 5. The number of nitrogens with one attached hydrogen (secondary N) is 1. The van der Waals surface area contributed by atoms with E-state index in [1.54, 1.807) is 6.07 Å². The minimum atomic E-state index is -1.85. The molecule has 1 atom stereocenters. The van der Waals surface area contributed by atoms with Gasteiger partial charge in [0.15, 0.2) is 5.60 Å². The Morgan fingerprint density at radius 2 is 1.64 bits per heavy atom. The molecule has 0 aliphatic heterocycles. The third-order valence-corrected chi connectivity index (χ3v) is 3.24. The van der Waals surface area contributed by atoms with E-state index in [1.807, 2.05) is 20.8 Å². The molecule has 0 fully saturated rings. The second kappa shape index (κ2) is 5.83. The Kier molecular flexibility index (Phi) is 4.87. The first-order valence-electron chi connectivity index (χ1n) is 7.33. The zero-order valence-corrected chi connectivity index (χ0v) is 14.5. The van der Waals surface area contributed by atoms with Crippen molar-refractivity contribution in [2.75, 3.05) is 11.9 Å². The van der Waals surface area contributed by atoms with Gasteiger partial charge in [-0.2, -0.15) is 0 Å². The van der Waals surface area contributed by atoms with Gasteiger partial charge in [0.05, 0.1) is 12.2 Å². The van der Waals surface area contributed by atoms with Gasteiger partial charge in [-0.1, -0.05) is 41.5 Å². The number of hydrogen-bond donors (Lipinski definition) is 3. The summed E-state index contributed by atoms with van der Waals surface area (Å²) in [4.78, 5) is 20.1. The minimum absolute atomic E-state index is 0.132. The van der Waals surface area contributed by atoms with Crippen LogP contribution >= 0.6 is 0 Å². The zero-order chi connectivity index (χ0) is 17.3. The maximum Gasteiger partial charge on any atom is 0.337 e. The third kappa shape index (κ3) is 4.66. The molecule has 3 N–H and O–H groups in total. The van der Waals surface area contributed by atoms with Crippen LogP contribution in [-0.2, 0) is 15.6 Å². The Morgan fingerprint density at radius 1 is 1.09 bits per heavy atom. The lowest BCUT2D eigenvalue weighted by Crippen LogP contribution is -2.42. The molecule has 0 saturated heterocycles. The number of aliphatic carboxylic acids is 1. The van der Waals surface area contributed by atoms with Crippen molar-refractivity contribution in [3.05, 3.63) is 17.6 Å². The highest BCUT2D eigenvalue weighted by Crippen LogP contribution is 2.26. The Hall–Kier alpha value is -1.69. The van der Waals surface area contributed by atoms with E-state index >= 15 is 0 Å². The van der Waals surface area contributed by atoms with E-state index in [0.29, 0.717) is 11.6 Å². The van der Waals surface area contributed by atoms with Crippen molar-refractivity contribution in [2.24, 2.45) is 0 Å². The summed E-state index contributed by atoms with van der Waals surface area (Å²) in [5.41, 5.74) is -1.37. The van der Waals surface area contributed by atoms with Crippen molar-refractivity contribution in [3.8, 4) is 0 Å². The predicted octanol–water partition coefficient (Wildman–Crippen LogP) is 2.32. The molecule has 0 spiro atoms. The fraction of sp³-hybridized carbons (Fsp3) is 0.688. The number of aliphatic hydroxyl groups is 1. The van der Waals surface area contributed by atoms with Crippen LogP contribution in [-0.4, -0.2) is 38.3 Å². The first-order chi connectivity index (χ1) is 9.73. The SMILES string of the molecule is CC(O)(CNc1cc(C(C)(C)C)nc(C(C)(C)C)n1)C(=O)O.